The predicted octanol–water partition coefficient (Wildman–Crippen LogP) is 2.47. The van der Waals surface area contributed by atoms with Crippen molar-refractivity contribution in [2.45, 2.75) is 12.6 Å². The summed E-state index contributed by atoms with van der Waals surface area (Å²) < 4.78 is 37.8. The van der Waals surface area contributed by atoms with Crippen molar-refractivity contribution in [2.24, 2.45) is 5.73 Å². The number of nitriles is 1. The van der Waals surface area contributed by atoms with Crippen molar-refractivity contribution in [1.29, 1.82) is 5.26 Å². The third kappa shape index (κ3) is 3.63. The summed E-state index contributed by atoms with van der Waals surface area (Å²) in [6.45, 7) is 0. The van der Waals surface area contributed by atoms with E-state index in [0.717, 1.165) is 12.1 Å². The van der Waals surface area contributed by atoms with Gasteiger partial charge in [0.2, 0.25) is 5.91 Å². The zero-order chi connectivity index (χ0) is 13.8. The maximum atomic E-state index is 12.6. The van der Waals surface area contributed by atoms with Crippen LogP contribution in [-0.4, -0.2) is 5.91 Å². The van der Waals surface area contributed by atoms with Gasteiger partial charge in [0.1, 0.15) is 0 Å². The Labute approximate surface area is 101 Å². The molecule has 94 valence electrons. The van der Waals surface area contributed by atoms with E-state index in [1.165, 1.54) is 24.3 Å². The van der Waals surface area contributed by atoms with E-state index >= 15 is 0 Å². The van der Waals surface area contributed by atoms with Gasteiger partial charge in [-0.1, -0.05) is 18.2 Å². The van der Waals surface area contributed by atoms with Gasteiger partial charge < -0.3 is 5.73 Å². The van der Waals surface area contributed by atoms with E-state index in [4.69, 9.17) is 11.0 Å². The number of carbonyl (C=O) groups excluding carboxylic acids is 1. The molecular formula is C12H9F3N2O. The van der Waals surface area contributed by atoms with Crippen molar-refractivity contribution in [1.82, 2.24) is 0 Å². The highest BCUT2D eigenvalue weighted by Crippen LogP contribution is 2.32. The van der Waals surface area contributed by atoms with Crippen LogP contribution in [0.1, 0.15) is 23.1 Å². The Morgan fingerprint density at radius 3 is 2.61 bits per heavy atom. The molecule has 0 fully saturated rings. The molecule has 0 bridgehead atoms. The highest BCUT2D eigenvalue weighted by Gasteiger charge is 2.33. The third-order valence-electron chi connectivity index (χ3n) is 2.10. The molecule has 6 heteroatoms. The second-order valence-corrected chi connectivity index (χ2v) is 3.49. The van der Waals surface area contributed by atoms with Gasteiger partial charge in [0.15, 0.2) is 0 Å². The monoisotopic (exact) mass is 254 g/mol. The summed E-state index contributed by atoms with van der Waals surface area (Å²) in [6.07, 6.45) is -1.93. The van der Waals surface area contributed by atoms with Crippen molar-refractivity contribution in [3.05, 3.63) is 41.0 Å². The molecule has 18 heavy (non-hydrogen) atoms. The van der Waals surface area contributed by atoms with Crippen molar-refractivity contribution < 1.29 is 18.0 Å². The Hall–Kier alpha value is -2.29. The summed E-state index contributed by atoms with van der Waals surface area (Å²) >= 11 is 0. The largest absolute Gasteiger partial charge is 0.417 e. The number of rotatable bonds is 3. The number of nitrogens with two attached hydrogens (primary N) is 1. The summed E-state index contributed by atoms with van der Waals surface area (Å²) in [6, 6.07) is 4.80. The van der Waals surface area contributed by atoms with E-state index in [9.17, 15) is 18.0 Å². The quantitative estimate of drug-likeness (QED) is 0.900. The summed E-state index contributed by atoms with van der Waals surface area (Å²) in [5.74, 6) is -0.573. The van der Waals surface area contributed by atoms with Crippen LogP contribution in [0.5, 0.6) is 0 Å². The molecular weight excluding hydrogens is 245 g/mol. The minimum Gasteiger partial charge on any atom is -0.369 e. The molecule has 1 aromatic rings. The highest BCUT2D eigenvalue weighted by atomic mass is 19.4. The molecule has 0 aliphatic heterocycles. The van der Waals surface area contributed by atoms with Crippen LogP contribution in [0, 0.1) is 11.3 Å². The van der Waals surface area contributed by atoms with E-state index in [0.29, 0.717) is 0 Å². The van der Waals surface area contributed by atoms with Gasteiger partial charge in [-0.15, -0.1) is 0 Å². The van der Waals surface area contributed by atoms with Gasteiger partial charge in [0.25, 0.3) is 0 Å². The molecule has 0 radical (unpaired) electrons. The van der Waals surface area contributed by atoms with Crippen LogP contribution in [0.4, 0.5) is 13.2 Å². The molecule has 1 amide bonds. The van der Waals surface area contributed by atoms with Crippen LogP contribution < -0.4 is 5.73 Å². The SMILES string of the molecule is N#Cc1ccc(C=CCC(N)=O)cc1C(F)(F)F. The summed E-state index contributed by atoms with van der Waals surface area (Å²) in [7, 11) is 0. The number of halogens is 3. The molecule has 3 nitrogen and oxygen atoms in total. The second kappa shape index (κ2) is 5.36. The molecule has 0 aromatic heterocycles. The maximum absolute atomic E-state index is 12.6. The fourth-order valence-corrected chi connectivity index (χ4v) is 1.31. The van der Waals surface area contributed by atoms with Gasteiger partial charge in [-0.25, -0.2) is 0 Å². The number of carbonyl (C=O) groups is 1. The number of amides is 1. The van der Waals surface area contributed by atoms with Gasteiger partial charge in [0, 0.05) is 6.42 Å². The van der Waals surface area contributed by atoms with Gasteiger partial charge in [-0.2, -0.15) is 18.4 Å². The van der Waals surface area contributed by atoms with Crippen LogP contribution >= 0.6 is 0 Å². The van der Waals surface area contributed by atoms with Gasteiger partial charge >= 0.3 is 6.18 Å². The molecule has 0 saturated heterocycles. The third-order valence-corrected chi connectivity index (χ3v) is 2.10. The standard InChI is InChI=1S/C12H9F3N2O/c13-12(14,15)10-6-8(2-1-3-11(17)18)4-5-9(10)7-16/h1-2,4-6H,3H2,(H2,17,18). The van der Waals surface area contributed by atoms with E-state index in [2.05, 4.69) is 0 Å². The first-order valence-electron chi connectivity index (χ1n) is 4.91. The predicted molar refractivity (Wildman–Crippen MR) is 59.0 cm³/mol. The topological polar surface area (TPSA) is 66.9 Å². The first-order valence-corrected chi connectivity index (χ1v) is 4.91. The zero-order valence-corrected chi connectivity index (χ0v) is 9.16. The van der Waals surface area contributed by atoms with Gasteiger partial charge in [-0.05, 0) is 17.7 Å². The van der Waals surface area contributed by atoms with E-state index in [1.54, 1.807) is 0 Å². The molecule has 0 unspecified atom stereocenters. The lowest BCUT2D eigenvalue weighted by Gasteiger charge is -2.09. The normalized spacial score (nSPS) is 11.4. The smallest absolute Gasteiger partial charge is 0.369 e. The van der Waals surface area contributed by atoms with Gasteiger partial charge in [-0.3, -0.25) is 4.79 Å². The second-order valence-electron chi connectivity index (χ2n) is 3.49. The van der Waals surface area contributed by atoms with E-state index in [1.807, 2.05) is 0 Å². The number of primary amides is 1. The van der Waals surface area contributed by atoms with E-state index in [-0.39, 0.29) is 12.0 Å². The Balaban J connectivity index is 3.08. The minimum absolute atomic E-state index is 0.0542. The number of benzene rings is 1. The van der Waals surface area contributed by atoms with Crippen LogP contribution in [0.25, 0.3) is 6.08 Å². The Morgan fingerprint density at radius 2 is 2.11 bits per heavy atom. The molecule has 0 aliphatic carbocycles. The Bertz CT molecular complexity index is 527. The average molecular weight is 254 g/mol. The average Bonchev–Trinajstić information content (AvgIpc) is 2.27. The molecule has 0 heterocycles. The Kier molecular flexibility index (Phi) is 4.10. The lowest BCUT2D eigenvalue weighted by Crippen LogP contribution is -2.08. The van der Waals surface area contributed by atoms with Crippen LogP contribution in [0.2, 0.25) is 0 Å². The first kappa shape index (κ1) is 13.8. The molecule has 0 atom stereocenters. The van der Waals surface area contributed by atoms with Crippen LogP contribution in [-0.2, 0) is 11.0 Å². The summed E-state index contributed by atoms with van der Waals surface area (Å²) in [5.41, 5.74) is 3.71. The molecule has 0 aliphatic rings. The van der Waals surface area contributed by atoms with Crippen molar-refractivity contribution in [3.63, 3.8) is 0 Å². The van der Waals surface area contributed by atoms with Crippen LogP contribution in [0.15, 0.2) is 24.3 Å². The molecule has 0 spiro atoms. The van der Waals surface area contributed by atoms with Crippen molar-refractivity contribution in [2.75, 3.05) is 0 Å². The number of hydrogen-bond donors (Lipinski definition) is 1. The van der Waals surface area contributed by atoms with Crippen molar-refractivity contribution in [3.8, 4) is 6.07 Å². The number of hydrogen-bond acceptors (Lipinski definition) is 2. The van der Waals surface area contributed by atoms with Crippen molar-refractivity contribution >= 4 is 12.0 Å². The lowest BCUT2D eigenvalue weighted by molar-refractivity contribution is -0.137. The molecule has 0 saturated carbocycles. The zero-order valence-electron chi connectivity index (χ0n) is 9.16. The molecule has 2 N–H and O–H groups in total. The Morgan fingerprint density at radius 1 is 1.44 bits per heavy atom. The first-order chi connectivity index (χ1) is 8.34. The fourth-order valence-electron chi connectivity index (χ4n) is 1.31. The number of alkyl halides is 3. The molecule has 1 aromatic carbocycles. The number of nitrogens with zero attached hydrogens (tertiary/aromatic N) is 1. The fraction of sp³-hybridized carbons (Fsp3) is 0.167. The minimum atomic E-state index is -4.58. The highest BCUT2D eigenvalue weighted by molar-refractivity contribution is 5.76. The van der Waals surface area contributed by atoms with Crippen LogP contribution in [0.3, 0.4) is 0 Å². The summed E-state index contributed by atoms with van der Waals surface area (Å²) in [4.78, 5) is 10.5. The summed E-state index contributed by atoms with van der Waals surface area (Å²) in [5, 5.41) is 8.59. The molecule has 1 rings (SSSR count). The lowest BCUT2D eigenvalue weighted by atomic mass is 10.0. The van der Waals surface area contributed by atoms with E-state index < -0.39 is 23.2 Å². The van der Waals surface area contributed by atoms with Gasteiger partial charge in [0.05, 0.1) is 17.2 Å². The maximum Gasteiger partial charge on any atom is 0.417 e.